The van der Waals surface area contributed by atoms with Crippen molar-refractivity contribution >= 4 is 11.6 Å². The van der Waals surface area contributed by atoms with Gasteiger partial charge in [0.2, 0.25) is 0 Å². The summed E-state index contributed by atoms with van der Waals surface area (Å²) >= 11 is 0. The summed E-state index contributed by atoms with van der Waals surface area (Å²) in [5, 5.41) is 5.80. The molecular formula is C12H18N2O2. The van der Waals surface area contributed by atoms with Gasteiger partial charge in [0.05, 0.1) is 12.2 Å². The lowest BCUT2D eigenvalue weighted by atomic mass is 10.1. The summed E-state index contributed by atoms with van der Waals surface area (Å²) in [4.78, 5) is 11.8. The van der Waals surface area contributed by atoms with Crippen LogP contribution in [0, 0.1) is 6.92 Å². The minimum absolute atomic E-state index is 0.0786. The Hall–Kier alpha value is -1.55. The number of amides is 1. The average molecular weight is 222 g/mol. The van der Waals surface area contributed by atoms with E-state index in [0.717, 1.165) is 11.3 Å². The lowest BCUT2D eigenvalue weighted by molar-refractivity contribution is 0.0938. The lowest BCUT2D eigenvalue weighted by Gasteiger charge is -2.10. The Kier molecular flexibility index (Phi) is 4.79. The Bertz CT molecular complexity index is 364. The van der Waals surface area contributed by atoms with Gasteiger partial charge in [-0.3, -0.25) is 4.79 Å². The molecule has 1 rings (SSSR count). The number of aryl methyl sites for hydroxylation is 1. The summed E-state index contributed by atoms with van der Waals surface area (Å²) < 4.78 is 4.88. The van der Waals surface area contributed by atoms with Gasteiger partial charge in [-0.05, 0) is 19.1 Å². The van der Waals surface area contributed by atoms with Crippen LogP contribution in [0.15, 0.2) is 18.2 Å². The van der Waals surface area contributed by atoms with Crippen molar-refractivity contribution in [2.75, 3.05) is 32.6 Å². The SMILES string of the molecule is CNc1ccc(C)cc1C(=O)NCCOC. The second-order valence-electron chi connectivity index (χ2n) is 3.55. The third-order valence-electron chi connectivity index (χ3n) is 2.28. The molecule has 0 aliphatic heterocycles. The second kappa shape index (κ2) is 6.12. The minimum Gasteiger partial charge on any atom is -0.387 e. The predicted octanol–water partition coefficient (Wildman–Crippen LogP) is 1.41. The molecule has 0 heterocycles. The number of anilines is 1. The van der Waals surface area contributed by atoms with Crippen LogP contribution in [-0.2, 0) is 4.74 Å². The molecule has 0 atom stereocenters. The number of carbonyl (C=O) groups is 1. The lowest BCUT2D eigenvalue weighted by Crippen LogP contribution is -2.27. The Morgan fingerprint density at radius 2 is 2.19 bits per heavy atom. The molecule has 88 valence electrons. The highest BCUT2D eigenvalue weighted by Gasteiger charge is 2.09. The fraction of sp³-hybridized carbons (Fsp3) is 0.417. The number of nitrogens with one attached hydrogen (secondary N) is 2. The van der Waals surface area contributed by atoms with Gasteiger partial charge in [0, 0.05) is 26.4 Å². The maximum atomic E-state index is 11.8. The molecule has 16 heavy (non-hydrogen) atoms. The first-order valence-electron chi connectivity index (χ1n) is 5.24. The van der Waals surface area contributed by atoms with Gasteiger partial charge >= 0.3 is 0 Å². The summed E-state index contributed by atoms with van der Waals surface area (Å²) in [6, 6.07) is 5.74. The highest BCUT2D eigenvalue weighted by atomic mass is 16.5. The minimum atomic E-state index is -0.0786. The number of benzene rings is 1. The Balaban J connectivity index is 2.76. The van der Waals surface area contributed by atoms with Crippen LogP contribution in [0.25, 0.3) is 0 Å². The summed E-state index contributed by atoms with van der Waals surface area (Å²) in [6.07, 6.45) is 0. The molecular weight excluding hydrogens is 204 g/mol. The molecule has 0 aliphatic carbocycles. The molecule has 0 bridgehead atoms. The third kappa shape index (κ3) is 3.24. The number of hydrogen-bond donors (Lipinski definition) is 2. The van der Waals surface area contributed by atoms with Crippen molar-refractivity contribution < 1.29 is 9.53 Å². The van der Waals surface area contributed by atoms with Crippen molar-refractivity contribution in [3.8, 4) is 0 Å². The van der Waals surface area contributed by atoms with Gasteiger partial charge in [-0.1, -0.05) is 11.6 Å². The van der Waals surface area contributed by atoms with Gasteiger partial charge in [-0.2, -0.15) is 0 Å². The van der Waals surface area contributed by atoms with Crippen LogP contribution >= 0.6 is 0 Å². The molecule has 0 aromatic heterocycles. The van der Waals surface area contributed by atoms with Crippen LogP contribution in [-0.4, -0.2) is 33.2 Å². The molecule has 0 saturated heterocycles. The molecule has 0 fully saturated rings. The summed E-state index contributed by atoms with van der Waals surface area (Å²) in [5.74, 6) is -0.0786. The van der Waals surface area contributed by atoms with Crippen LogP contribution < -0.4 is 10.6 Å². The monoisotopic (exact) mass is 222 g/mol. The molecule has 0 saturated carbocycles. The largest absolute Gasteiger partial charge is 0.387 e. The van der Waals surface area contributed by atoms with Crippen molar-refractivity contribution in [2.24, 2.45) is 0 Å². The first-order valence-corrected chi connectivity index (χ1v) is 5.24. The summed E-state index contributed by atoms with van der Waals surface area (Å²) in [5.41, 5.74) is 2.56. The van der Waals surface area contributed by atoms with E-state index in [1.165, 1.54) is 0 Å². The Morgan fingerprint density at radius 3 is 2.81 bits per heavy atom. The van der Waals surface area contributed by atoms with Gasteiger partial charge in [-0.25, -0.2) is 0 Å². The number of ether oxygens (including phenoxy) is 1. The van der Waals surface area contributed by atoms with Gasteiger partial charge in [0.15, 0.2) is 0 Å². The topological polar surface area (TPSA) is 50.4 Å². The fourth-order valence-electron chi connectivity index (χ4n) is 1.43. The second-order valence-corrected chi connectivity index (χ2v) is 3.55. The maximum Gasteiger partial charge on any atom is 0.253 e. The van der Waals surface area contributed by atoms with E-state index in [2.05, 4.69) is 10.6 Å². The highest BCUT2D eigenvalue weighted by molar-refractivity contribution is 5.99. The van der Waals surface area contributed by atoms with E-state index < -0.39 is 0 Å². The molecule has 1 aromatic rings. The molecule has 0 unspecified atom stereocenters. The standard InChI is InChI=1S/C12H18N2O2/c1-9-4-5-11(13-2)10(8-9)12(15)14-6-7-16-3/h4-5,8,13H,6-7H2,1-3H3,(H,14,15). The van der Waals surface area contributed by atoms with Crippen LogP contribution in [0.4, 0.5) is 5.69 Å². The van der Waals surface area contributed by atoms with Crippen LogP contribution in [0.5, 0.6) is 0 Å². The van der Waals surface area contributed by atoms with E-state index >= 15 is 0 Å². The predicted molar refractivity (Wildman–Crippen MR) is 64.9 cm³/mol. The normalized spacial score (nSPS) is 9.94. The zero-order valence-corrected chi connectivity index (χ0v) is 9.96. The van der Waals surface area contributed by atoms with Gasteiger partial charge in [-0.15, -0.1) is 0 Å². The first kappa shape index (κ1) is 12.5. The van der Waals surface area contributed by atoms with E-state index in [1.54, 1.807) is 14.2 Å². The van der Waals surface area contributed by atoms with Crippen LogP contribution in [0.2, 0.25) is 0 Å². The molecule has 2 N–H and O–H groups in total. The number of carbonyl (C=O) groups excluding carboxylic acids is 1. The van der Waals surface area contributed by atoms with Crippen LogP contribution in [0.3, 0.4) is 0 Å². The highest BCUT2D eigenvalue weighted by Crippen LogP contribution is 2.16. The number of rotatable bonds is 5. The molecule has 1 amide bonds. The van der Waals surface area contributed by atoms with E-state index in [1.807, 2.05) is 25.1 Å². The summed E-state index contributed by atoms with van der Waals surface area (Å²) in [7, 11) is 3.41. The Morgan fingerprint density at radius 1 is 1.44 bits per heavy atom. The third-order valence-corrected chi connectivity index (χ3v) is 2.28. The quantitative estimate of drug-likeness (QED) is 0.741. The Labute approximate surface area is 96.0 Å². The van der Waals surface area contributed by atoms with E-state index in [-0.39, 0.29) is 5.91 Å². The van der Waals surface area contributed by atoms with Gasteiger partial charge < -0.3 is 15.4 Å². The molecule has 0 spiro atoms. The maximum absolute atomic E-state index is 11.8. The molecule has 0 radical (unpaired) electrons. The smallest absolute Gasteiger partial charge is 0.253 e. The van der Waals surface area contributed by atoms with E-state index in [0.29, 0.717) is 18.7 Å². The molecule has 0 aliphatic rings. The molecule has 1 aromatic carbocycles. The van der Waals surface area contributed by atoms with Crippen molar-refractivity contribution in [2.45, 2.75) is 6.92 Å². The van der Waals surface area contributed by atoms with Crippen molar-refractivity contribution in [1.29, 1.82) is 0 Å². The average Bonchev–Trinajstić information content (AvgIpc) is 2.29. The fourth-order valence-corrected chi connectivity index (χ4v) is 1.43. The van der Waals surface area contributed by atoms with Gasteiger partial charge in [0.25, 0.3) is 5.91 Å². The number of methoxy groups -OCH3 is 1. The van der Waals surface area contributed by atoms with E-state index in [4.69, 9.17) is 4.74 Å². The summed E-state index contributed by atoms with van der Waals surface area (Å²) in [6.45, 7) is 3.00. The van der Waals surface area contributed by atoms with Crippen molar-refractivity contribution in [3.63, 3.8) is 0 Å². The van der Waals surface area contributed by atoms with Crippen molar-refractivity contribution in [1.82, 2.24) is 5.32 Å². The molecule has 4 nitrogen and oxygen atoms in total. The van der Waals surface area contributed by atoms with E-state index in [9.17, 15) is 4.79 Å². The zero-order valence-electron chi connectivity index (χ0n) is 9.96. The molecule has 4 heteroatoms. The van der Waals surface area contributed by atoms with Crippen LogP contribution in [0.1, 0.15) is 15.9 Å². The van der Waals surface area contributed by atoms with Crippen molar-refractivity contribution in [3.05, 3.63) is 29.3 Å². The first-order chi connectivity index (χ1) is 7.69. The van der Waals surface area contributed by atoms with Gasteiger partial charge in [0.1, 0.15) is 0 Å². The number of hydrogen-bond acceptors (Lipinski definition) is 3. The zero-order chi connectivity index (χ0) is 12.0.